The number of hydrogen-bond acceptors (Lipinski definition) is 3. The van der Waals surface area contributed by atoms with E-state index >= 15 is 0 Å². The number of aryl methyl sites for hydroxylation is 1. The van der Waals surface area contributed by atoms with E-state index in [-0.39, 0.29) is 31.2 Å². The number of nitrogens with zero attached hydrogens (tertiary/aromatic N) is 2. The van der Waals surface area contributed by atoms with Crippen molar-refractivity contribution in [3.63, 3.8) is 0 Å². The van der Waals surface area contributed by atoms with Gasteiger partial charge in [-0.2, -0.15) is 5.26 Å². The lowest BCUT2D eigenvalue weighted by Gasteiger charge is -2.22. The van der Waals surface area contributed by atoms with Gasteiger partial charge in [-0.3, -0.25) is 4.79 Å². The molecule has 0 saturated carbocycles. The third-order valence-electron chi connectivity index (χ3n) is 3.39. The number of anilines is 1. The topological polar surface area (TPSA) is 53.3 Å². The van der Waals surface area contributed by atoms with Gasteiger partial charge >= 0.3 is 0 Å². The van der Waals surface area contributed by atoms with Crippen LogP contribution in [-0.4, -0.2) is 19.1 Å². The van der Waals surface area contributed by atoms with Crippen molar-refractivity contribution in [1.82, 2.24) is 0 Å². The van der Waals surface area contributed by atoms with E-state index in [2.05, 4.69) is 0 Å². The summed E-state index contributed by atoms with van der Waals surface area (Å²) in [6.07, 6.45) is 0.174. The smallest absolute Gasteiger partial charge is 0.264 e. The number of nitriles is 1. The lowest BCUT2D eigenvalue weighted by atomic mass is 10.2. The molecule has 0 unspecified atom stereocenters. The largest absolute Gasteiger partial charge is 0.481 e. The first-order valence-electron chi connectivity index (χ1n) is 7.33. The molecule has 0 bridgehead atoms. The quantitative estimate of drug-likeness (QED) is 0.790. The molecular weight excluding hydrogens is 331 g/mol. The summed E-state index contributed by atoms with van der Waals surface area (Å²) in [5, 5.41) is 9.39. The molecule has 124 valence electrons. The molecule has 0 saturated heterocycles. The van der Waals surface area contributed by atoms with Gasteiger partial charge in [0.15, 0.2) is 18.2 Å². The van der Waals surface area contributed by atoms with Crippen LogP contribution in [-0.2, 0) is 4.79 Å². The normalized spacial score (nSPS) is 10.1. The Hall–Kier alpha value is -2.58. The average molecular weight is 347 g/mol. The minimum atomic E-state index is -0.531. The minimum Gasteiger partial charge on any atom is -0.481 e. The van der Waals surface area contributed by atoms with Gasteiger partial charge in [0.1, 0.15) is 0 Å². The molecule has 0 aliphatic heterocycles. The highest BCUT2D eigenvalue weighted by atomic mass is 35.5. The maximum atomic E-state index is 13.6. The van der Waals surface area contributed by atoms with Crippen molar-refractivity contribution in [1.29, 1.82) is 5.26 Å². The maximum Gasteiger partial charge on any atom is 0.264 e. The summed E-state index contributed by atoms with van der Waals surface area (Å²) in [5.41, 5.74) is 1.44. The monoisotopic (exact) mass is 346 g/mol. The molecule has 0 aliphatic rings. The van der Waals surface area contributed by atoms with Gasteiger partial charge in [0.25, 0.3) is 5.91 Å². The number of benzene rings is 2. The third kappa shape index (κ3) is 4.46. The number of carbonyl (C=O) groups excluding carboxylic acids is 1. The number of ether oxygens (including phenoxy) is 1. The van der Waals surface area contributed by atoms with Gasteiger partial charge < -0.3 is 9.64 Å². The fourth-order valence-corrected chi connectivity index (χ4v) is 2.25. The van der Waals surface area contributed by atoms with E-state index in [1.54, 1.807) is 30.3 Å². The summed E-state index contributed by atoms with van der Waals surface area (Å²) < 4.78 is 18.8. The predicted molar refractivity (Wildman–Crippen MR) is 90.7 cm³/mol. The van der Waals surface area contributed by atoms with Crippen LogP contribution in [0.5, 0.6) is 5.75 Å². The van der Waals surface area contributed by atoms with Gasteiger partial charge in [0, 0.05) is 17.3 Å². The molecule has 0 fully saturated rings. The van der Waals surface area contributed by atoms with Gasteiger partial charge in [-0.25, -0.2) is 4.39 Å². The van der Waals surface area contributed by atoms with E-state index in [4.69, 9.17) is 21.6 Å². The third-order valence-corrected chi connectivity index (χ3v) is 3.81. The first-order valence-corrected chi connectivity index (χ1v) is 7.71. The summed E-state index contributed by atoms with van der Waals surface area (Å²) in [6, 6.07) is 13.0. The maximum absolute atomic E-state index is 13.6. The molecule has 0 heterocycles. The van der Waals surface area contributed by atoms with Crippen molar-refractivity contribution in [2.24, 2.45) is 0 Å². The second-order valence-corrected chi connectivity index (χ2v) is 5.51. The first-order chi connectivity index (χ1) is 11.5. The number of hydrogen-bond donors (Lipinski definition) is 0. The fourth-order valence-electron chi connectivity index (χ4n) is 2.14. The summed E-state index contributed by atoms with van der Waals surface area (Å²) in [6.45, 7) is 1.72. The molecule has 24 heavy (non-hydrogen) atoms. The van der Waals surface area contributed by atoms with E-state index in [0.29, 0.717) is 10.7 Å². The van der Waals surface area contributed by atoms with Gasteiger partial charge in [0.2, 0.25) is 0 Å². The van der Waals surface area contributed by atoms with Crippen molar-refractivity contribution in [2.45, 2.75) is 13.3 Å². The lowest BCUT2D eigenvalue weighted by Crippen LogP contribution is -2.35. The van der Waals surface area contributed by atoms with Crippen molar-refractivity contribution >= 4 is 23.2 Å². The van der Waals surface area contributed by atoms with Crippen LogP contribution in [0.3, 0.4) is 0 Å². The molecule has 0 spiro atoms. The number of rotatable bonds is 6. The molecule has 6 heteroatoms. The summed E-state index contributed by atoms with van der Waals surface area (Å²) in [7, 11) is 0. The number of para-hydroxylation sites is 1. The molecule has 0 radical (unpaired) electrons. The Kier molecular flexibility index (Phi) is 6.16. The van der Waals surface area contributed by atoms with Crippen molar-refractivity contribution < 1.29 is 13.9 Å². The molecule has 0 N–H and O–H groups in total. The zero-order chi connectivity index (χ0) is 17.5. The van der Waals surface area contributed by atoms with E-state index in [1.165, 1.54) is 17.0 Å². The number of halogens is 2. The Balaban J connectivity index is 2.14. The lowest BCUT2D eigenvalue weighted by molar-refractivity contribution is -0.120. The Morgan fingerprint density at radius 3 is 2.75 bits per heavy atom. The minimum absolute atomic E-state index is 0.0124. The van der Waals surface area contributed by atoms with Gasteiger partial charge in [-0.05, 0) is 42.8 Å². The van der Waals surface area contributed by atoms with Crippen LogP contribution >= 0.6 is 11.6 Å². The van der Waals surface area contributed by atoms with Gasteiger partial charge in [-0.1, -0.05) is 23.7 Å². The SMILES string of the molecule is Cc1cc(N(CCC#N)C(=O)COc2ccccc2F)ccc1Cl. The predicted octanol–water partition coefficient (Wildman–Crippen LogP) is 4.11. The van der Waals surface area contributed by atoms with Crippen molar-refractivity contribution in [3.05, 3.63) is 58.9 Å². The van der Waals surface area contributed by atoms with E-state index < -0.39 is 5.82 Å². The molecule has 4 nitrogen and oxygen atoms in total. The van der Waals surface area contributed by atoms with Crippen molar-refractivity contribution in [2.75, 3.05) is 18.1 Å². The summed E-state index contributed by atoms with van der Waals surface area (Å²) in [5.74, 6) is -0.884. The fraction of sp³-hybridized carbons (Fsp3) is 0.222. The van der Waals surface area contributed by atoms with E-state index in [9.17, 15) is 9.18 Å². The van der Waals surface area contributed by atoms with E-state index in [1.807, 2.05) is 13.0 Å². The van der Waals surface area contributed by atoms with Crippen LogP contribution in [0.15, 0.2) is 42.5 Å². The Morgan fingerprint density at radius 2 is 2.08 bits per heavy atom. The van der Waals surface area contributed by atoms with Crippen LogP contribution in [0, 0.1) is 24.1 Å². The molecule has 2 aromatic rings. The second kappa shape index (κ2) is 8.32. The average Bonchev–Trinajstić information content (AvgIpc) is 2.57. The molecule has 0 aliphatic carbocycles. The molecule has 2 aromatic carbocycles. The zero-order valence-corrected chi connectivity index (χ0v) is 13.9. The van der Waals surface area contributed by atoms with Gasteiger partial charge in [-0.15, -0.1) is 0 Å². The molecule has 1 amide bonds. The highest BCUT2D eigenvalue weighted by Crippen LogP contribution is 2.23. The Labute approximate surface area is 145 Å². The standard InChI is InChI=1S/C18H16ClFN2O2/c1-13-11-14(7-8-15(13)19)22(10-4-9-21)18(23)12-24-17-6-3-2-5-16(17)20/h2-3,5-8,11H,4,10,12H2,1H3. The summed E-state index contributed by atoms with van der Waals surface area (Å²) in [4.78, 5) is 13.9. The van der Waals surface area contributed by atoms with Gasteiger partial charge in [0.05, 0.1) is 12.5 Å². The zero-order valence-electron chi connectivity index (χ0n) is 13.1. The number of carbonyl (C=O) groups is 1. The number of amides is 1. The Bertz CT molecular complexity index is 774. The van der Waals surface area contributed by atoms with Crippen LogP contribution < -0.4 is 9.64 Å². The summed E-state index contributed by atoms with van der Waals surface area (Å²) >= 11 is 6.01. The highest BCUT2D eigenvalue weighted by molar-refractivity contribution is 6.31. The van der Waals surface area contributed by atoms with E-state index in [0.717, 1.165) is 5.56 Å². The van der Waals surface area contributed by atoms with Crippen LogP contribution in [0.4, 0.5) is 10.1 Å². The Morgan fingerprint density at radius 1 is 1.33 bits per heavy atom. The van der Waals surface area contributed by atoms with Crippen LogP contribution in [0.2, 0.25) is 5.02 Å². The molecule has 0 aromatic heterocycles. The highest BCUT2D eigenvalue weighted by Gasteiger charge is 2.17. The second-order valence-electron chi connectivity index (χ2n) is 5.11. The molecular formula is C18H16ClFN2O2. The van der Waals surface area contributed by atoms with Crippen LogP contribution in [0.1, 0.15) is 12.0 Å². The molecule has 0 atom stereocenters. The molecule has 2 rings (SSSR count). The van der Waals surface area contributed by atoms with Crippen molar-refractivity contribution in [3.8, 4) is 11.8 Å². The first kappa shape index (κ1) is 17.8. The van der Waals surface area contributed by atoms with Crippen LogP contribution in [0.25, 0.3) is 0 Å².